The third kappa shape index (κ3) is 6.96. The van der Waals surface area contributed by atoms with Crippen LogP contribution in [0.25, 0.3) is 0 Å². The molecule has 0 radical (unpaired) electrons. The van der Waals surface area contributed by atoms with E-state index in [2.05, 4.69) is 20.6 Å². The van der Waals surface area contributed by atoms with E-state index < -0.39 is 20.0 Å². The molecule has 0 spiro atoms. The Morgan fingerprint density at radius 3 is 2.19 bits per heavy atom. The predicted octanol–water partition coefficient (Wildman–Crippen LogP) is 3.74. The van der Waals surface area contributed by atoms with Crippen molar-refractivity contribution >= 4 is 53.3 Å². The van der Waals surface area contributed by atoms with Crippen molar-refractivity contribution in [1.29, 1.82) is 0 Å². The molecule has 0 saturated carbocycles. The molecule has 0 atom stereocenters. The molecular weight excluding hydrogens is 585 g/mol. The average molecular weight is 611 g/mol. The van der Waals surface area contributed by atoms with Gasteiger partial charge in [0.2, 0.25) is 0 Å². The molecule has 9 nitrogen and oxygen atoms in total. The number of hydrogen-bond donors (Lipinski definition) is 1. The average Bonchev–Trinajstić information content (AvgIpc) is 2.85. The zero-order valence-electron chi connectivity index (χ0n) is 20.4. The Labute approximate surface area is 230 Å². The number of nitrogens with zero attached hydrogens (tertiary/aromatic N) is 2. The molecule has 0 aliphatic carbocycles. The number of methoxy groups -OCH3 is 2. The molecule has 0 saturated heterocycles. The van der Waals surface area contributed by atoms with Crippen LogP contribution in [0, 0.1) is 0 Å². The molecule has 0 aliphatic heterocycles. The topological polar surface area (TPSA) is 105 Å². The Kier molecular flexibility index (Phi) is 9.13. The number of sulfonamides is 2. The van der Waals surface area contributed by atoms with E-state index in [1.54, 1.807) is 42.5 Å². The van der Waals surface area contributed by atoms with Crippen molar-refractivity contribution in [3.63, 3.8) is 0 Å². The van der Waals surface area contributed by atoms with Gasteiger partial charge in [-0.1, -0.05) is 0 Å². The minimum atomic E-state index is -4.12. The number of rotatable bonds is 11. The molecule has 3 aromatic rings. The van der Waals surface area contributed by atoms with Crippen LogP contribution < -0.4 is 23.4 Å². The minimum absolute atomic E-state index is 0.0257. The van der Waals surface area contributed by atoms with Gasteiger partial charge in [-0.15, -0.1) is 0 Å². The zero-order valence-corrected chi connectivity index (χ0v) is 23.9. The Morgan fingerprint density at radius 2 is 1.57 bits per heavy atom. The maximum absolute atomic E-state index is 13.8. The first-order chi connectivity index (χ1) is 17.4. The van der Waals surface area contributed by atoms with Crippen LogP contribution >= 0.6 is 11.6 Å². The molecule has 1 N–H and O–H groups in total. The van der Waals surface area contributed by atoms with Gasteiger partial charge in [0.25, 0.3) is 0 Å². The van der Waals surface area contributed by atoms with Crippen molar-refractivity contribution in [1.82, 2.24) is 0 Å². The van der Waals surface area contributed by atoms with Gasteiger partial charge in [-0.25, -0.2) is 0 Å². The molecule has 3 rings (SSSR count). The SMILES string of the molecule is COc1ccc(S(=O)(=O)N(C[C](=[Co])Nc2cccc(N(C)S(C)(=O)=O)c2)c2cccc(Cl)c2)cc1OC. The van der Waals surface area contributed by atoms with Gasteiger partial charge in [-0.3, -0.25) is 0 Å². The van der Waals surface area contributed by atoms with Crippen molar-refractivity contribution in [3.8, 4) is 11.5 Å². The summed E-state index contributed by atoms with van der Waals surface area (Å²) in [5, 5.41) is 3.40. The summed E-state index contributed by atoms with van der Waals surface area (Å²) in [7, 11) is -3.26. The van der Waals surface area contributed by atoms with Crippen molar-refractivity contribution in [2.75, 3.05) is 48.0 Å². The molecule has 13 heteroatoms. The van der Waals surface area contributed by atoms with Crippen LogP contribution in [0.4, 0.5) is 17.1 Å². The van der Waals surface area contributed by atoms with Gasteiger partial charge in [-0.05, 0) is 0 Å². The van der Waals surface area contributed by atoms with Crippen LogP contribution in [-0.2, 0) is 35.3 Å². The molecule has 0 heterocycles. The zero-order chi connectivity index (χ0) is 27.4. The molecular formula is C24H26ClCoN3O6S2. The number of nitrogens with one attached hydrogen (secondary N) is 1. The summed E-state index contributed by atoms with van der Waals surface area (Å²) in [6.07, 6.45) is 1.10. The molecule has 3 aromatic carbocycles. The van der Waals surface area contributed by atoms with Crippen LogP contribution in [0.15, 0.2) is 71.6 Å². The fourth-order valence-corrected chi connectivity index (χ4v) is 5.87. The monoisotopic (exact) mass is 610 g/mol. The number of hydrogen-bond acceptors (Lipinski definition) is 7. The maximum atomic E-state index is 13.8. The van der Waals surface area contributed by atoms with E-state index in [9.17, 15) is 16.8 Å². The number of halogens is 1. The fourth-order valence-electron chi connectivity index (χ4n) is 3.33. The molecule has 0 bridgehead atoms. The van der Waals surface area contributed by atoms with E-state index in [4.69, 9.17) is 21.1 Å². The van der Waals surface area contributed by atoms with E-state index in [1.807, 2.05) is 0 Å². The normalized spacial score (nSPS) is 11.5. The Balaban J connectivity index is 1.96. The van der Waals surface area contributed by atoms with Crippen molar-refractivity contribution < 1.29 is 41.6 Å². The molecule has 0 fully saturated rings. The van der Waals surface area contributed by atoms with E-state index in [1.165, 1.54) is 45.5 Å². The molecule has 0 unspecified atom stereocenters. The quantitative estimate of drug-likeness (QED) is 0.353. The van der Waals surface area contributed by atoms with E-state index >= 15 is 0 Å². The second-order valence-corrected chi connectivity index (χ2v) is 12.7. The van der Waals surface area contributed by atoms with Gasteiger partial charge in [-0.2, -0.15) is 0 Å². The summed E-state index contributed by atoms with van der Waals surface area (Å²) in [5.74, 6) is 0.645. The first kappa shape index (κ1) is 28.8. The van der Waals surface area contributed by atoms with Crippen LogP contribution in [0.2, 0.25) is 5.02 Å². The summed E-state index contributed by atoms with van der Waals surface area (Å²) in [5.41, 5.74) is 1.27. The van der Waals surface area contributed by atoms with Gasteiger partial charge in [0.15, 0.2) is 0 Å². The van der Waals surface area contributed by atoms with Crippen molar-refractivity contribution in [2.24, 2.45) is 0 Å². The predicted molar refractivity (Wildman–Crippen MR) is 144 cm³/mol. The molecule has 201 valence electrons. The molecule has 0 aromatic heterocycles. The third-order valence-electron chi connectivity index (χ3n) is 5.30. The van der Waals surface area contributed by atoms with Gasteiger partial charge in [0.05, 0.1) is 0 Å². The van der Waals surface area contributed by atoms with Gasteiger partial charge < -0.3 is 0 Å². The first-order valence-electron chi connectivity index (χ1n) is 10.7. The van der Waals surface area contributed by atoms with Crippen molar-refractivity contribution in [3.05, 3.63) is 71.8 Å². The van der Waals surface area contributed by atoms with Crippen LogP contribution in [-0.4, -0.2) is 55.5 Å². The summed E-state index contributed by atoms with van der Waals surface area (Å²) in [6.45, 7) is -0.177. The van der Waals surface area contributed by atoms with E-state index in [0.717, 1.165) is 14.9 Å². The molecule has 0 amide bonds. The Morgan fingerprint density at radius 1 is 0.919 bits per heavy atom. The van der Waals surface area contributed by atoms with Crippen molar-refractivity contribution in [2.45, 2.75) is 4.90 Å². The fraction of sp³-hybridized carbons (Fsp3) is 0.208. The summed E-state index contributed by atoms with van der Waals surface area (Å²) >= 11 is 10.7. The summed E-state index contributed by atoms with van der Waals surface area (Å²) < 4.78 is 64.5. The standard InChI is InChI=1S/C24H26ClN3O6S2.Co/c1-27(35(4,29)30)20-9-6-8-19(16-20)26-13-14-28(21-10-5-7-18(25)15-21)36(31,32)22-11-12-23(33-2)24(17-22)34-3;/h5-12,15-17,26H,14H2,1-4H3;. The summed E-state index contributed by atoms with van der Waals surface area (Å²) in [6, 6.07) is 17.4. The van der Waals surface area contributed by atoms with E-state index in [0.29, 0.717) is 27.8 Å². The molecule has 0 aliphatic rings. The van der Waals surface area contributed by atoms with Crippen LogP contribution in [0.5, 0.6) is 11.5 Å². The van der Waals surface area contributed by atoms with Gasteiger partial charge in [0, 0.05) is 0 Å². The number of benzene rings is 3. The van der Waals surface area contributed by atoms with Crippen LogP contribution in [0.1, 0.15) is 0 Å². The Hall–Kier alpha value is -2.77. The number of anilines is 3. The van der Waals surface area contributed by atoms with Crippen LogP contribution in [0.3, 0.4) is 0 Å². The van der Waals surface area contributed by atoms with E-state index in [-0.39, 0.29) is 21.8 Å². The number of ether oxygens (including phenoxy) is 2. The summed E-state index contributed by atoms with van der Waals surface area (Å²) in [4.78, 5) is -0.0257. The van der Waals surface area contributed by atoms with Gasteiger partial charge >= 0.3 is 231 Å². The first-order valence-corrected chi connectivity index (χ1v) is 14.9. The second kappa shape index (κ2) is 11.7. The van der Waals surface area contributed by atoms with Gasteiger partial charge in [0.1, 0.15) is 0 Å². The Bertz CT molecular complexity index is 1520. The molecule has 37 heavy (non-hydrogen) atoms. The second-order valence-electron chi connectivity index (χ2n) is 7.79. The third-order valence-corrected chi connectivity index (χ3v) is 8.80.